The number of benzene rings is 2. The molecule has 2 rings (SSSR count). The van der Waals surface area contributed by atoms with Gasteiger partial charge in [-0.2, -0.15) is 14.0 Å². The van der Waals surface area contributed by atoms with Gasteiger partial charge in [-0.15, -0.1) is 0 Å². The molecule has 6 heteroatoms. The molecule has 0 radical (unpaired) electrons. The van der Waals surface area contributed by atoms with E-state index in [-0.39, 0.29) is 11.3 Å². The lowest BCUT2D eigenvalue weighted by Crippen LogP contribution is -2.15. The van der Waals surface area contributed by atoms with Crippen molar-refractivity contribution in [2.24, 2.45) is 0 Å². The topological polar surface area (TPSA) is 62.1 Å². The third-order valence-electron chi connectivity index (χ3n) is 3.50. The molecule has 0 aliphatic heterocycles. The number of carbonyl (C=O) groups is 1. The molecule has 0 fully saturated rings. The highest BCUT2D eigenvalue weighted by Crippen LogP contribution is 2.21. The normalized spacial score (nSPS) is 11.1. The Morgan fingerprint density at radius 3 is 2.28 bits per heavy atom. The maximum absolute atomic E-state index is 12.3. The Bertz CT molecular complexity index is 817. The number of ether oxygens (including phenoxy) is 1. The first-order chi connectivity index (χ1) is 11.9. The number of para-hydroxylation sites is 1. The van der Waals surface area contributed by atoms with Crippen molar-refractivity contribution in [3.63, 3.8) is 0 Å². The number of nitriles is 1. The molecule has 2 aromatic rings. The molecule has 0 saturated carbocycles. The van der Waals surface area contributed by atoms with Gasteiger partial charge in [-0.05, 0) is 48.7 Å². The highest BCUT2D eigenvalue weighted by Gasteiger charge is 2.12. The third-order valence-corrected chi connectivity index (χ3v) is 3.50. The lowest BCUT2D eigenvalue weighted by atomic mass is 10.1. The third kappa shape index (κ3) is 4.88. The quantitative estimate of drug-likeness (QED) is 0.645. The van der Waals surface area contributed by atoms with Crippen LogP contribution in [0.5, 0.6) is 5.75 Å². The lowest BCUT2D eigenvalue weighted by molar-refractivity contribution is -0.112. The fraction of sp³-hybridized carbons (Fsp3) is 0.158. The number of amides is 1. The van der Waals surface area contributed by atoms with E-state index in [9.17, 15) is 18.8 Å². The van der Waals surface area contributed by atoms with Crippen LogP contribution in [0, 0.1) is 25.2 Å². The number of carbonyl (C=O) groups excluding carboxylic acids is 1. The van der Waals surface area contributed by atoms with Gasteiger partial charge >= 0.3 is 6.61 Å². The van der Waals surface area contributed by atoms with Gasteiger partial charge in [0.2, 0.25) is 0 Å². The van der Waals surface area contributed by atoms with Crippen LogP contribution in [0.2, 0.25) is 0 Å². The van der Waals surface area contributed by atoms with Gasteiger partial charge in [-0.3, -0.25) is 4.79 Å². The van der Waals surface area contributed by atoms with Crippen LogP contribution in [0.15, 0.2) is 48.0 Å². The van der Waals surface area contributed by atoms with Crippen molar-refractivity contribution in [3.05, 3.63) is 64.7 Å². The van der Waals surface area contributed by atoms with Crippen molar-refractivity contribution in [2.75, 3.05) is 5.32 Å². The Hall–Kier alpha value is -3.20. The first kappa shape index (κ1) is 18.1. The van der Waals surface area contributed by atoms with E-state index in [0.29, 0.717) is 11.3 Å². The number of hydrogen-bond acceptors (Lipinski definition) is 3. The summed E-state index contributed by atoms with van der Waals surface area (Å²) in [7, 11) is 0. The van der Waals surface area contributed by atoms with Gasteiger partial charge in [-0.1, -0.05) is 30.3 Å². The zero-order chi connectivity index (χ0) is 18.4. The second-order valence-corrected chi connectivity index (χ2v) is 5.34. The molecule has 1 amide bonds. The molecule has 0 saturated heterocycles. The fourth-order valence-corrected chi connectivity index (χ4v) is 2.25. The largest absolute Gasteiger partial charge is 0.435 e. The zero-order valence-corrected chi connectivity index (χ0v) is 13.7. The highest BCUT2D eigenvalue weighted by atomic mass is 19.3. The summed E-state index contributed by atoms with van der Waals surface area (Å²) < 4.78 is 28.5. The van der Waals surface area contributed by atoms with Gasteiger partial charge < -0.3 is 10.1 Å². The van der Waals surface area contributed by atoms with Crippen molar-refractivity contribution >= 4 is 17.7 Å². The van der Waals surface area contributed by atoms with Gasteiger partial charge in [0.25, 0.3) is 5.91 Å². The second kappa shape index (κ2) is 8.06. The van der Waals surface area contributed by atoms with E-state index in [1.807, 2.05) is 38.1 Å². The number of hydrogen-bond donors (Lipinski definition) is 1. The summed E-state index contributed by atoms with van der Waals surface area (Å²) in [6.45, 7) is 0.819. The summed E-state index contributed by atoms with van der Waals surface area (Å²) in [6, 6.07) is 13.1. The van der Waals surface area contributed by atoms with Crippen molar-refractivity contribution in [1.29, 1.82) is 5.26 Å². The van der Waals surface area contributed by atoms with E-state index in [1.165, 1.54) is 30.3 Å². The Labute approximate surface area is 144 Å². The number of anilines is 1. The first-order valence-corrected chi connectivity index (χ1v) is 7.45. The van der Waals surface area contributed by atoms with Crippen LogP contribution in [-0.2, 0) is 4.79 Å². The van der Waals surface area contributed by atoms with Gasteiger partial charge in [0, 0.05) is 5.69 Å². The summed E-state index contributed by atoms with van der Waals surface area (Å²) in [5, 5.41) is 12.0. The van der Waals surface area contributed by atoms with Crippen LogP contribution in [0.25, 0.3) is 6.08 Å². The predicted octanol–water partition coefficient (Wildman–Crippen LogP) is 4.45. The molecule has 2 aromatic carbocycles. The van der Waals surface area contributed by atoms with Gasteiger partial charge in [0.15, 0.2) is 0 Å². The maximum Gasteiger partial charge on any atom is 0.387 e. The van der Waals surface area contributed by atoms with Crippen LogP contribution < -0.4 is 10.1 Å². The van der Waals surface area contributed by atoms with E-state index in [2.05, 4.69) is 10.1 Å². The maximum atomic E-state index is 12.3. The molecular formula is C19H16F2N2O2. The lowest BCUT2D eigenvalue weighted by Gasteiger charge is -2.11. The van der Waals surface area contributed by atoms with Crippen LogP contribution in [0.1, 0.15) is 16.7 Å². The molecule has 4 nitrogen and oxygen atoms in total. The Morgan fingerprint density at radius 1 is 1.16 bits per heavy atom. The van der Waals surface area contributed by atoms with Crippen LogP contribution in [0.4, 0.5) is 14.5 Å². The van der Waals surface area contributed by atoms with Crippen molar-refractivity contribution in [3.8, 4) is 11.8 Å². The van der Waals surface area contributed by atoms with E-state index in [0.717, 1.165) is 11.1 Å². The SMILES string of the molecule is Cc1cccc(C)c1NC(=O)/C(C#N)=C\c1ccc(OC(F)F)cc1. The number of aryl methyl sites for hydroxylation is 2. The van der Waals surface area contributed by atoms with E-state index < -0.39 is 12.5 Å². The zero-order valence-electron chi connectivity index (χ0n) is 13.7. The smallest absolute Gasteiger partial charge is 0.387 e. The van der Waals surface area contributed by atoms with Crippen molar-refractivity contribution < 1.29 is 18.3 Å². The second-order valence-electron chi connectivity index (χ2n) is 5.34. The van der Waals surface area contributed by atoms with Gasteiger partial charge in [0.1, 0.15) is 17.4 Å². The summed E-state index contributed by atoms with van der Waals surface area (Å²) in [5.41, 5.74) is 2.87. The van der Waals surface area contributed by atoms with Gasteiger partial charge in [0.05, 0.1) is 0 Å². The summed E-state index contributed by atoms with van der Waals surface area (Å²) >= 11 is 0. The molecule has 128 valence electrons. The standard InChI is InChI=1S/C19H16F2N2O2/c1-12-4-3-5-13(2)17(12)23-18(24)15(11-22)10-14-6-8-16(9-7-14)25-19(20)21/h3-10,19H,1-2H3,(H,23,24)/b15-10-. The van der Waals surface area contributed by atoms with Crippen LogP contribution >= 0.6 is 0 Å². The summed E-state index contributed by atoms with van der Waals surface area (Å²) in [5.74, 6) is -0.529. The van der Waals surface area contributed by atoms with Gasteiger partial charge in [-0.25, -0.2) is 0 Å². The van der Waals surface area contributed by atoms with E-state index in [1.54, 1.807) is 0 Å². The average molecular weight is 342 g/mol. The minimum atomic E-state index is -2.90. The summed E-state index contributed by atoms with van der Waals surface area (Å²) in [6.07, 6.45) is 1.38. The highest BCUT2D eigenvalue weighted by molar-refractivity contribution is 6.10. The molecule has 0 heterocycles. The number of nitrogens with zero attached hydrogens (tertiary/aromatic N) is 1. The molecule has 0 aromatic heterocycles. The van der Waals surface area contributed by atoms with Crippen LogP contribution in [-0.4, -0.2) is 12.5 Å². The van der Waals surface area contributed by atoms with Crippen molar-refractivity contribution in [2.45, 2.75) is 20.5 Å². The number of rotatable bonds is 5. The minimum absolute atomic E-state index is 0.00523. The summed E-state index contributed by atoms with van der Waals surface area (Å²) in [4.78, 5) is 12.3. The number of nitrogens with one attached hydrogen (secondary N) is 1. The number of halogens is 2. The first-order valence-electron chi connectivity index (χ1n) is 7.45. The predicted molar refractivity (Wildman–Crippen MR) is 91.2 cm³/mol. The van der Waals surface area contributed by atoms with E-state index >= 15 is 0 Å². The van der Waals surface area contributed by atoms with Crippen LogP contribution in [0.3, 0.4) is 0 Å². The van der Waals surface area contributed by atoms with Crippen molar-refractivity contribution in [1.82, 2.24) is 0 Å². The average Bonchev–Trinajstić information content (AvgIpc) is 2.57. The molecule has 0 aliphatic carbocycles. The minimum Gasteiger partial charge on any atom is -0.435 e. The molecule has 1 N–H and O–H groups in total. The van der Waals surface area contributed by atoms with E-state index in [4.69, 9.17) is 0 Å². The fourth-order valence-electron chi connectivity index (χ4n) is 2.25. The molecule has 0 atom stereocenters. The Morgan fingerprint density at radius 2 is 1.76 bits per heavy atom. The Kier molecular flexibility index (Phi) is 5.85. The molecule has 0 aliphatic rings. The number of alkyl halides is 2. The molecule has 0 bridgehead atoms. The molecular weight excluding hydrogens is 326 g/mol. The molecule has 25 heavy (non-hydrogen) atoms. The molecule has 0 spiro atoms. The molecule has 0 unspecified atom stereocenters. The Balaban J connectivity index is 2.19. The monoisotopic (exact) mass is 342 g/mol.